The molecule has 1 aromatic carbocycles. The molecule has 2 unspecified atom stereocenters. The molecular formula is C18H22O5. The van der Waals surface area contributed by atoms with E-state index in [9.17, 15) is 9.59 Å². The van der Waals surface area contributed by atoms with Crippen LogP contribution in [0.25, 0.3) is 0 Å². The maximum absolute atomic E-state index is 12.7. The highest BCUT2D eigenvalue weighted by Gasteiger charge is 2.47. The summed E-state index contributed by atoms with van der Waals surface area (Å²) in [6.45, 7) is 4.01. The smallest absolute Gasteiger partial charge is 0.348 e. The van der Waals surface area contributed by atoms with Gasteiger partial charge in [0.1, 0.15) is 12.4 Å². The van der Waals surface area contributed by atoms with Gasteiger partial charge in [-0.2, -0.15) is 0 Å². The highest BCUT2D eigenvalue weighted by Crippen LogP contribution is 2.39. The summed E-state index contributed by atoms with van der Waals surface area (Å²) in [6.07, 6.45) is 1.68. The Bertz CT molecular complexity index is 634. The Morgan fingerprint density at radius 2 is 2.13 bits per heavy atom. The van der Waals surface area contributed by atoms with Gasteiger partial charge in [0, 0.05) is 5.41 Å². The second kappa shape index (κ2) is 5.87. The first-order chi connectivity index (χ1) is 10.9. The van der Waals surface area contributed by atoms with Crippen LogP contribution < -0.4 is 4.74 Å². The average molecular weight is 318 g/mol. The number of hydrogen-bond acceptors (Lipinski definition) is 5. The van der Waals surface area contributed by atoms with Gasteiger partial charge in [0.05, 0.1) is 13.0 Å². The van der Waals surface area contributed by atoms with Gasteiger partial charge in [-0.05, 0) is 36.5 Å². The summed E-state index contributed by atoms with van der Waals surface area (Å²) < 4.78 is 16.0. The summed E-state index contributed by atoms with van der Waals surface area (Å²) in [5.41, 5.74) is 1.53. The van der Waals surface area contributed by atoms with Gasteiger partial charge >= 0.3 is 11.9 Å². The Morgan fingerprint density at radius 3 is 2.78 bits per heavy atom. The molecule has 0 radical (unpaired) electrons. The first kappa shape index (κ1) is 15.8. The van der Waals surface area contributed by atoms with E-state index in [-0.39, 0.29) is 18.5 Å². The highest BCUT2D eigenvalue weighted by atomic mass is 16.6. The number of benzene rings is 1. The maximum Gasteiger partial charge on any atom is 0.348 e. The number of methoxy groups -OCH3 is 1. The topological polar surface area (TPSA) is 61.8 Å². The van der Waals surface area contributed by atoms with Crippen molar-refractivity contribution in [2.24, 2.45) is 5.41 Å². The Hall–Kier alpha value is -2.04. The third kappa shape index (κ3) is 2.80. The summed E-state index contributed by atoms with van der Waals surface area (Å²) in [4.78, 5) is 24.5. The molecule has 0 aromatic heterocycles. The third-order valence-corrected chi connectivity index (χ3v) is 4.71. The van der Waals surface area contributed by atoms with Crippen molar-refractivity contribution in [2.75, 3.05) is 13.7 Å². The van der Waals surface area contributed by atoms with Crippen LogP contribution in [0.1, 0.15) is 43.7 Å². The Labute approximate surface area is 135 Å². The zero-order valence-corrected chi connectivity index (χ0v) is 13.8. The molecule has 1 aliphatic heterocycles. The van der Waals surface area contributed by atoms with Crippen LogP contribution in [0.15, 0.2) is 18.2 Å². The molecule has 0 bridgehead atoms. The van der Waals surface area contributed by atoms with E-state index in [1.165, 1.54) is 0 Å². The van der Waals surface area contributed by atoms with Gasteiger partial charge in [0.25, 0.3) is 0 Å². The van der Waals surface area contributed by atoms with E-state index in [1.54, 1.807) is 7.11 Å². The monoisotopic (exact) mass is 318 g/mol. The van der Waals surface area contributed by atoms with Crippen LogP contribution in [0.4, 0.5) is 0 Å². The fourth-order valence-corrected chi connectivity index (χ4v) is 3.38. The molecule has 124 valence electrons. The van der Waals surface area contributed by atoms with Crippen LogP contribution in [0, 0.1) is 5.41 Å². The van der Waals surface area contributed by atoms with Gasteiger partial charge in [0.2, 0.25) is 6.10 Å². The van der Waals surface area contributed by atoms with Crippen molar-refractivity contribution >= 4 is 11.9 Å². The number of fused-ring (bicyclic) bond motifs is 1. The molecule has 23 heavy (non-hydrogen) atoms. The van der Waals surface area contributed by atoms with Crippen molar-refractivity contribution in [1.82, 2.24) is 0 Å². The van der Waals surface area contributed by atoms with Crippen molar-refractivity contribution in [2.45, 2.75) is 45.1 Å². The van der Waals surface area contributed by atoms with E-state index in [1.807, 2.05) is 32.0 Å². The number of rotatable bonds is 3. The van der Waals surface area contributed by atoms with E-state index in [0.717, 1.165) is 36.1 Å². The van der Waals surface area contributed by atoms with Crippen molar-refractivity contribution in [3.63, 3.8) is 0 Å². The molecule has 2 aliphatic rings. The number of cyclic esters (lactones) is 1. The van der Waals surface area contributed by atoms with E-state index in [0.29, 0.717) is 0 Å². The van der Waals surface area contributed by atoms with Gasteiger partial charge in [-0.25, -0.2) is 4.79 Å². The van der Waals surface area contributed by atoms with E-state index < -0.39 is 17.5 Å². The van der Waals surface area contributed by atoms with Gasteiger partial charge in [-0.1, -0.05) is 26.0 Å². The van der Waals surface area contributed by atoms with E-state index in [4.69, 9.17) is 14.2 Å². The van der Waals surface area contributed by atoms with Crippen LogP contribution in [0.3, 0.4) is 0 Å². The van der Waals surface area contributed by atoms with E-state index in [2.05, 4.69) is 0 Å². The number of carbonyl (C=O) groups excluding carboxylic acids is 2. The van der Waals surface area contributed by atoms with Gasteiger partial charge in [-0.15, -0.1) is 0 Å². The van der Waals surface area contributed by atoms with Gasteiger partial charge in [0.15, 0.2) is 0 Å². The van der Waals surface area contributed by atoms with Crippen LogP contribution in [0.2, 0.25) is 0 Å². The molecule has 5 nitrogen and oxygen atoms in total. The SMILES string of the molecule is COc1cccc2c1CCCC2C(=O)OC1C(=O)OCC1(C)C. The fourth-order valence-electron chi connectivity index (χ4n) is 3.38. The minimum absolute atomic E-state index is 0.277. The minimum Gasteiger partial charge on any atom is -0.496 e. The molecule has 0 spiro atoms. The molecule has 1 saturated heterocycles. The number of ether oxygens (including phenoxy) is 3. The number of esters is 2. The van der Waals surface area contributed by atoms with Gasteiger partial charge in [-0.3, -0.25) is 4.79 Å². The molecule has 2 atom stereocenters. The lowest BCUT2D eigenvalue weighted by atomic mass is 9.82. The molecule has 1 heterocycles. The van der Waals surface area contributed by atoms with Crippen molar-refractivity contribution in [3.8, 4) is 5.75 Å². The van der Waals surface area contributed by atoms with Crippen molar-refractivity contribution < 1.29 is 23.8 Å². The minimum atomic E-state index is -0.828. The molecule has 0 saturated carbocycles. The zero-order chi connectivity index (χ0) is 16.6. The molecule has 1 fully saturated rings. The standard InChI is InChI=1S/C18H22O5/c1-18(2)10-22-17(20)15(18)23-16(19)13-8-4-7-12-11(13)6-5-9-14(12)21-3/h5-6,9,13,15H,4,7-8,10H2,1-3H3. The number of carbonyl (C=O) groups is 2. The Kier molecular flexibility index (Phi) is 4.04. The van der Waals surface area contributed by atoms with Crippen molar-refractivity contribution in [1.29, 1.82) is 0 Å². The summed E-state index contributed by atoms with van der Waals surface area (Å²) in [6, 6.07) is 5.74. The van der Waals surface area contributed by atoms with Crippen molar-refractivity contribution in [3.05, 3.63) is 29.3 Å². The highest BCUT2D eigenvalue weighted by molar-refractivity contribution is 5.85. The van der Waals surface area contributed by atoms with Crippen LogP contribution in [-0.4, -0.2) is 31.8 Å². The predicted octanol–water partition coefficient (Wildman–Crippen LogP) is 2.61. The number of hydrogen-bond donors (Lipinski definition) is 0. The lowest BCUT2D eigenvalue weighted by molar-refractivity contribution is -0.164. The normalized spacial score (nSPS) is 25.4. The van der Waals surface area contributed by atoms with Crippen LogP contribution in [0.5, 0.6) is 5.75 Å². The largest absolute Gasteiger partial charge is 0.496 e. The average Bonchev–Trinajstić information content (AvgIpc) is 2.80. The molecule has 3 rings (SSSR count). The van der Waals surface area contributed by atoms with E-state index >= 15 is 0 Å². The summed E-state index contributed by atoms with van der Waals surface area (Å²) in [7, 11) is 1.63. The molecule has 1 aromatic rings. The summed E-state index contributed by atoms with van der Waals surface area (Å²) in [5, 5.41) is 0. The zero-order valence-electron chi connectivity index (χ0n) is 13.8. The predicted molar refractivity (Wildman–Crippen MR) is 83.3 cm³/mol. The quantitative estimate of drug-likeness (QED) is 0.802. The van der Waals surface area contributed by atoms with Gasteiger partial charge < -0.3 is 14.2 Å². The second-order valence-corrected chi connectivity index (χ2v) is 6.89. The first-order valence-electron chi connectivity index (χ1n) is 7.97. The first-order valence-corrected chi connectivity index (χ1v) is 7.97. The third-order valence-electron chi connectivity index (χ3n) is 4.71. The lowest BCUT2D eigenvalue weighted by Crippen LogP contribution is -2.37. The summed E-state index contributed by atoms with van der Waals surface area (Å²) in [5.74, 6) is -0.347. The molecule has 5 heteroatoms. The maximum atomic E-state index is 12.7. The molecular weight excluding hydrogens is 296 g/mol. The second-order valence-electron chi connectivity index (χ2n) is 6.89. The van der Waals surface area contributed by atoms with Crippen LogP contribution >= 0.6 is 0 Å². The molecule has 1 aliphatic carbocycles. The Morgan fingerprint density at radius 1 is 1.35 bits per heavy atom. The summed E-state index contributed by atoms with van der Waals surface area (Å²) >= 11 is 0. The molecule has 0 N–H and O–H groups in total. The fraction of sp³-hybridized carbons (Fsp3) is 0.556. The molecule has 0 amide bonds. The lowest BCUT2D eigenvalue weighted by Gasteiger charge is -2.28. The van der Waals surface area contributed by atoms with Crippen LogP contribution in [-0.2, 0) is 25.5 Å². The Balaban J connectivity index is 1.84.